The molecule has 2 aromatic carbocycles. The fourth-order valence-corrected chi connectivity index (χ4v) is 3.95. The molecule has 0 aromatic heterocycles. The molecular formula is C24H30N4O4. The SMILES string of the molecule is COCCC1(NC(=O)Nc2cccc(C)c2)CCN(C(=O)c2cccc(NC(C)=O)c2)C1. The Balaban J connectivity index is 1.70. The summed E-state index contributed by atoms with van der Waals surface area (Å²) in [5.41, 5.74) is 2.24. The number of carbonyl (C=O) groups is 3. The van der Waals surface area contributed by atoms with Crippen LogP contribution >= 0.6 is 0 Å². The monoisotopic (exact) mass is 438 g/mol. The van der Waals surface area contributed by atoms with Gasteiger partial charge in [0.1, 0.15) is 0 Å². The zero-order valence-corrected chi connectivity index (χ0v) is 18.7. The van der Waals surface area contributed by atoms with Crippen LogP contribution in [0.3, 0.4) is 0 Å². The molecule has 4 amide bonds. The molecule has 0 radical (unpaired) electrons. The van der Waals surface area contributed by atoms with Gasteiger partial charge in [0.05, 0.1) is 5.54 Å². The average molecular weight is 439 g/mol. The van der Waals surface area contributed by atoms with Crippen LogP contribution in [-0.4, -0.2) is 55.1 Å². The first-order chi connectivity index (χ1) is 15.3. The van der Waals surface area contributed by atoms with Crippen LogP contribution in [0.2, 0.25) is 0 Å². The van der Waals surface area contributed by atoms with Crippen LogP contribution in [0.1, 0.15) is 35.7 Å². The van der Waals surface area contributed by atoms with Crippen molar-refractivity contribution < 1.29 is 19.1 Å². The van der Waals surface area contributed by atoms with E-state index in [1.807, 2.05) is 31.2 Å². The summed E-state index contributed by atoms with van der Waals surface area (Å²) in [6.07, 6.45) is 1.20. The van der Waals surface area contributed by atoms with Gasteiger partial charge in [-0.05, 0) is 55.7 Å². The predicted molar refractivity (Wildman–Crippen MR) is 124 cm³/mol. The summed E-state index contributed by atoms with van der Waals surface area (Å²) in [7, 11) is 1.62. The number of likely N-dealkylation sites (tertiary alicyclic amines) is 1. The molecule has 0 saturated carbocycles. The van der Waals surface area contributed by atoms with Crippen molar-refractivity contribution in [3.05, 3.63) is 59.7 Å². The predicted octanol–water partition coefficient (Wildman–Crippen LogP) is 3.40. The fourth-order valence-electron chi connectivity index (χ4n) is 3.95. The second-order valence-electron chi connectivity index (χ2n) is 8.21. The lowest BCUT2D eigenvalue weighted by Gasteiger charge is -2.30. The highest BCUT2D eigenvalue weighted by Crippen LogP contribution is 2.27. The largest absolute Gasteiger partial charge is 0.385 e. The van der Waals surface area contributed by atoms with Gasteiger partial charge in [0, 0.05) is 50.7 Å². The molecule has 0 spiro atoms. The lowest BCUT2D eigenvalue weighted by molar-refractivity contribution is -0.114. The molecule has 3 rings (SSSR count). The summed E-state index contributed by atoms with van der Waals surface area (Å²) < 4.78 is 5.26. The number of aryl methyl sites for hydroxylation is 1. The van der Waals surface area contributed by atoms with E-state index in [0.717, 1.165) is 5.56 Å². The molecule has 0 bridgehead atoms. The summed E-state index contributed by atoms with van der Waals surface area (Å²) in [6.45, 7) is 4.74. The van der Waals surface area contributed by atoms with Crippen molar-refractivity contribution in [1.82, 2.24) is 10.2 Å². The molecule has 170 valence electrons. The molecule has 1 aliphatic heterocycles. The number of rotatable bonds is 7. The highest BCUT2D eigenvalue weighted by molar-refractivity contribution is 5.97. The molecule has 1 heterocycles. The summed E-state index contributed by atoms with van der Waals surface area (Å²) in [5.74, 6) is -0.337. The maximum Gasteiger partial charge on any atom is 0.319 e. The lowest BCUT2D eigenvalue weighted by Crippen LogP contribution is -2.53. The Labute approximate surface area is 188 Å². The topological polar surface area (TPSA) is 99.8 Å². The Morgan fingerprint density at radius 1 is 1.06 bits per heavy atom. The number of anilines is 2. The number of hydrogen-bond donors (Lipinski definition) is 3. The zero-order chi connectivity index (χ0) is 23.1. The quantitative estimate of drug-likeness (QED) is 0.617. The van der Waals surface area contributed by atoms with Gasteiger partial charge in [-0.25, -0.2) is 4.79 Å². The van der Waals surface area contributed by atoms with E-state index in [4.69, 9.17) is 4.74 Å². The number of amides is 4. The third kappa shape index (κ3) is 6.07. The third-order valence-corrected chi connectivity index (χ3v) is 5.51. The van der Waals surface area contributed by atoms with Gasteiger partial charge in [0.25, 0.3) is 5.91 Å². The minimum atomic E-state index is -0.588. The van der Waals surface area contributed by atoms with Gasteiger partial charge in [-0.2, -0.15) is 0 Å². The molecule has 1 unspecified atom stereocenters. The average Bonchev–Trinajstić information content (AvgIpc) is 3.15. The van der Waals surface area contributed by atoms with E-state index in [-0.39, 0.29) is 17.8 Å². The summed E-state index contributed by atoms with van der Waals surface area (Å²) >= 11 is 0. The Kier molecular flexibility index (Phi) is 7.48. The Hall–Kier alpha value is -3.39. The second kappa shape index (κ2) is 10.3. The molecular weight excluding hydrogens is 408 g/mol. The van der Waals surface area contributed by atoms with E-state index < -0.39 is 5.54 Å². The van der Waals surface area contributed by atoms with Crippen molar-refractivity contribution in [2.24, 2.45) is 0 Å². The molecule has 0 aliphatic carbocycles. The first kappa shape index (κ1) is 23.3. The van der Waals surface area contributed by atoms with Gasteiger partial charge in [-0.3, -0.25) is 9.59 Å². The molecule has 1 aliphatic rings. The Morgan fingerprint density at radius 2 is 1.78 bits per heavy atom. The Morgan fingerprint density at radius 3 is 2.47 bits per heavy atom. The number of benzene rings is 2. The van der Waals surface area contributed by atoms with Crippen LogP contribution in [0, 0.1) is 6.92 Å². The smallest absolute Gasteiger partial charge is 0.319 e. The third-order valence-electron chi connectivity index (χ3n) is 5.51. The fraction of sp³-hybridized carbons (Fsp3) is 0.375. The molecule has 2 aromatic rings. The molecule has 1 saturated heterocycles. The lowest BCUT2D eigenvalue weighted by atomic mass is 9.94. The van der Waals surface area contributed by atoms with Crippen LogP contribution in [0.15, 0.2) is 48.5 Å². The number of nitrogens with zero attached hydrogens (tertiary/aromatic N) is 1. The molecule has 8 heteroatoms. The molecule has 1 atom stereocenters. The minimum Gasteiger partial charge on any atom is -0.385 e. The number of urea groups is 1. The van der Waals surface area contributed by atoms with Crippen molar-refractivity contribution in [3.8, 4) is 0 Å². The van der Waals surface area contributed by atoms with Crippen LogP contribution < -0.4 is 16.0 Å². The molecule has 8 nitrogen and oxygen atoms in total. The van der Waals surface area contributed by atoms with Crippen molar-refractivity contribution in [1.29, 1.82) is 0 Å². The summed E-state index contributed by atoms with van der Waals surface area (Å²) in [5, 5.41) is 8.66. The van der Waals surface area contributed by atoms with Crippen LogP contribution in [0.4, 0.5) is 16.2 Å². The standard InChI is InChI=1S/C24H30N4O4/c1-17-6-4-8-20(14-17)26-23(31)27-24(11-13-32-3)10-12-28(16-24)22(30)19-7-5-9-21(15-19)25-18(2)29/h4-9,14-15H,10-13,16H2,1-3H3,(H,25,29)(H2,26,27,31). The van der Waals surface area contributed by atoms with E-state index in [0.29, 0.717) is 49.5 Å². The van der Waals surface area contributed by atoms with E-state index in [9.17, 15) is 14.4 Å². The number of carbonyl (C=O) groups excluding carboxylic acids is 3. The van der Waals surface area contributed by atoms with Gasteiger partial charge in [-0.15, -0.1) is 0 Å². The van der Waals surface area contributed by atoms with Gasteiger partial charge >= 0.3 is 6.03 Å². The molecule has 1 fully saturated rings. The highest BCUT2D eigenvalue weighted by atomic mass is 16.5. The maximum atomic E-state index is 13.1. The normalized spacial score (nSPS) is 17.7. The number of hydrogen-bond acceptors (Lipinski definition) is 4. The van der Waals surface area contributed by atoms with Crippen LogP contribution in [0.25, 0.3) is 0 Å². The zero-order valence-electron chi connectivity index (χ0n) is 18.7. The van der Waals surface area contributed by atoms with E-state index in [1.54, 1.807) is 36.3 Å². The van der Waals surface area contributed by atoms with Crippen molar-refractivity contribution in [3.63, 3.8) is 0 Å². The second-order valence-corrected chi connectivity index (χ2v) is 8.21. The van der Waals surface area contributed by atoms with Gasteiger partial charge in [-0.1, -0.05) is 18.2 Å². The first-order valence-electron chi connectivity index (χ1n) is 10.6. The number of ether oxygens (including phenoxy) is 1. The maximum absolute atomic E-state index is 13.1. The van der Waals surface area contributed by atoms with Crippen LogP contribution in [0.5, 0.6) is 0 Å². The highest BCUT2D eigenvalue weighted by Gasteiger charge is 2.41. The number of methoxy groups -OCH3 is 1. The molecule has 3 N–H and O–H groups in total. The van der Waals surface area contributed by atoms with E-state index in [1.165, 1.54) is 6.92 Å². The van der Waals surface area contributed by atoms with Gasteiger partial charge < -0.3 is 25.6 Å². The summed E-state index contributed by atoms with van der Waals surface area (Å²) in [4.78, 5) is 38.9. The van der Waals surface area contributed by atoms with Crippen molar-refractivity contribution >= 4 is 29.2 Å². The molecule has 32 heavy (non-hydrogen) atoms. The van der Waals surface area contributed by atoms with Gasteiger partial charge in [0.2, 0.25) is 5.91 Å². The first-order valence-corrected chi connectivity index (χ1v) is 10.6. The van der Waals surface area contributed by atoms with Gasteiger partial charge in [0.15, 0.2) is 0 Å². The minimum absolute atomic E-state index is 0.141. The summed E-state index contributed by atoms with van der Waals surface area (Å²) in [6, 6.07) is 14.1. The van der Waals surface area contributed by atoms with E-state index >= 15 is 0 Å². The Bertz CT molecular complexity index is 993. The van der Waals surface area contributed by atoms with Crippen molar-refractivity contribution in [2.75, 3.05) is 37.4 Å². The van der Waals surface area contributed by atoms with E-state index in [2.05, 4.69) is 16.0 Å². The number of nitrogens with one attached hydrogen (secondary N) is 3. The van der Waals surface area contributed by atoms with Crippen molar-refractivity contribution in [2.45, 2.75) is 32.2 Å². The van der Waals surface area contributed by atoms with Crippen LogP contribution in [-0.2, 0) is 9.53 Å².